The molecule has 1 aliphatic rings. The van der Waals surface area contributed by atoms with E-state index < -0.39 is 10.0 Å². The summed E-state index contributed by atoms with van der Waals surface area (Å²) < 4.78 is 30.5. The summed E-state index contributed by atoms with van der Waals surface area (Å²) in [6.45, 7) is 1.85. The zero-order valence-electron chi connectivity index (χ0n) is 11.0. The number of sulfonamides is 1. The van der Waals surface area contributed by atoms with Gasteiger partial charge in [-0.3, -0.25) is 4.79 Å². The van der Waals surface area contributed by atoms with Crippen molar-refractivity contribution in [3.63, 3.8) is 0 Å². The van der Waals surface area contributed by atoms with Crippen LogP contribution >= 0.6 is 0 Å². The number of imidazole rings is 1. The number of morpholine rings is 1. The van der Waals surface area contributed by atoms with Crippen LogP contribution in [-0.2, 0) is 26.1 Å². The van der Waals surface area contributed by atoms with Gasteiger partial charge in [-0.15, -0.1) is 0 Å². The topological polar surface area (TPSA) is 104 Å². The van der Waals surface area contributed by atoms with Gasteiger partial charge in [0.05, 0.1) is 37.5 Å². The molecule has 1 amide bonds. The molecule has 1 aliphatic heterocycles. The Kier molecular flexibility index (Phi) is 5.10. The number of carbonyl (C=O) groups is 1. The Morgan fingerprint density at radius 2 is 2.20 bits per heavy atom. The number of rotatable bonds is 6. The van der Waals surface area contributed by atoms with Crippen molar-refractivity contribution >= 4 is 15.9 Å². The predicted molar refractivity (Wildman–Crippen MR) is 71.2 cm³/mol. The second kappa shape index (κ2) is 6.82. The van der Waals surface area contributed by atoms with Gasteiger partial charge in [-0.2, -0.15) is 4.31 Å². The van der Waals surface area contributed by atoms with E-state index in [0.717, 1.165) is 5.69 Å². The van der Waals surface area contributed by atoms with Crippen molar-refractivity contribution in [3.05, 3.63) is 18.2 Å². The van der Waals surface area contributed by atoms with Crippen LogP contribution < -0.4 is 5.32 Å². The Labute approximate surface area is 117 Å². The zero-order chi connectivity index (χ0) is 14.4. The molecule has 0 aromatic carbocycles. The number of ether oxygens (including phenoxy) is 1. The van der Waals surface area contributed by atoms with Crippen LogP contribution in [0.15, 0.2) is 12.5 Å². The number of nitrogens with one attached hydrogen (secondary N) is 2. The van der Waals surface area contributed by atoms with Gasteiger partial charge in [-0.25, -0.2) is 13.4 Å². The smallest absolute Gasteiger partial charge is 0.221 e. The van der Waals surface area contributed by atoms with E-state index in [1.165, 1.54) is 10.6 Å². The van der Waals surface area contributed by atoms with Crippen LogP contribution in [0.2, 0.25) is 0 Å². The Hall–Kier alpha value is -1.45. The molecular weight excluding hydrogens is 284 g/mol. The fourth-order valence-corrected chi connectivity index (χ4v) is 3.25. The van der Waals surface area contributed by atoms with Gasteiger partial charge in [0.1, 0.15) is 0 Å². The van der Waals surface area contributed by atoms with E-state index in [4.69, 9.17) is 4.74 Å². The highest BCUT2D eigenvalue weighted by Gasteiger charge is 2.24. The summed E-state index contributed by atoms with van der Waals surface area (Å²) >= 11 is 0. The van der Waals surface area contributed by atoms with E-state index in [-0.39, 0.29) is 18.1 Å². The largest absolute Gasteiger partial charge is 0.379 e. The molecule has 0 unspecified atom stereocenters. The minimum atomic E-state index is -3.38. The van der Waals surface area contributed by atoms with Crippen molar-refractivity contribution in [2.75, 3.05) is 32.1 Å². The molecule has 0 radical (unpaired) electrons. The molecule has 9 heteroatoms. The number of hydrogen-bond acceptors (Lipinski definition) is 5. The molecular formula is C11H18N4O4S. The number of aromatic nitrogens is 2. The van der Waals surface area contributed by atoms with Gasteiger partial charge < -0.3 is 15.0 Å². The van der Waals surface area contributed by atoms with Crippen LogP contribution in [0.25, 0.3) is 0 Å². The van der Waals surface area contributed by atoms with Crippen LogP contribution in [0.1, 0.15) is 12.1 Å². The third-order valence-corrected chi connectivity index (χ3v) is 4.85. The molecule has 1 aromatic heterocycles. The molecule has 1 saturated heterocycles. The molecule has 1 fully saturated rings. The first-order chi connectivity index (χ1) is 9.58. The first kappa shape index (κ1) is 14.9. The first-order valence-electron chi connectivity index (χ1n) is 6.37. The highest BCUT2D eigenvalue weighted by Crippen LogP contribution is 2.06. The molecule has 0 atom stereocenters. The Balaban J connectivity index is 1.74. The van der Waals surface area contributed by atoms with Gasteiger partial charge in [0, 0.05) is 25.7 Å². The average molecular weight is 302 g/mol. The summed E-state index contributed by atoms with van der Waals surface area (Å²) in [7, 11) is -3.38. The molecule has 112 valence electrons. The van der Waals surface area contributed by atoms with Crippen LogP contribution in [-0.4, -0.2) is 60.7 Å². The molecule has 0 spiro atoms. The number of H-pyrrole nitrogens is 1. The molecule has 8 nitrogen and oxygen atoms in total. The lowest BCUT2D eigenvalue weighted by Crippen LogP contribution is -2.42. The third kappa shape index (κ3) is 4.29. The van der Waals surface area contributed by atoms with Crippen LogP contribution in [0.4, 0.5) is 0 Å². The van der Waals surface area contributed by atoms with Crippen molar-refractivity contribution < 1.29 is 17.9 Å². The van der Waals surface area contributed by atoms with E-state index in [1.54, 1.807) is 6.20 Å². The van der Waals surface area contributed by atoms with Gasteiger partial charge in [0.2, 0.25) is 15.9 Å². The fraction of sp³-hybridized carbons (Fsp3) is 0.636. The maximum atomic E-state index is 12.0. The first-order valence-corrected chi connectivity index (χ1v) is 7.98. The second-order valence-corrected chi connectivity index (χ2v) is 6.52. The summed E-state index contributed by atoms with van der Waals surface area (Å²) in [5, 5.41) is 2.64. The Morgan fingerprint density at radius 1 is 1.45 bits per heavy atom. The number of hydrogen-bond donors (Lipinski definition) is 2. The number of carbonyl (C=O) groups excluding carboxylic acids is 1. The standard InChI is InChI=1S/C11H18N4O4S/c16-11(13-8-10-7-12-9-14-10)1-6-20(17,18)15-2-4-19-5-3-15/h7,9H,1-6,8H2,(H,12,14)(H,13,16). The molecule has 2 heterocycles. The lowest BCUT2D eigenvalue weighted by atomic mass is 10.4. The van der Waals surface area contributed by atoms with E-state index >= 15 is 0 Å². The van der Waals surface area contributed by atoms with Crippen LogP contribution in [0, 0.1) is 0 Å². The highest BCUT2D eigenvalue weighted by molar-refractivity contribution is 7.89. The van der Waals surface area contributed by atoms with Gasteiger partial charge in [0.15, 0.2) is 0 Å². The van der Waals surface area contributed by atoms with Crippen molar-refractivity contribution in [2.24, 2.45) is 0 Å². The maximum Gasteiger partial charge on any atom is 0.221 e. The summed E-state index contributed by atoms with van der Waals surface area (Å²) in [6, 6.07) is 0. The van der Waals surface area contributed by atoms with Gasteiger partial charge in [-0.1, -0.05) is 0 Å². The Bertz CT molecular complexity index is 523. The highest BCUT2D eigenvalue weighted by atomic mass is 32.2. The summed E-state index contributed by atoms with van der Waals surface area (Å²) in [5.74, 6) is -0.474. The monoisotopic (exact) mass is 302 g/mol. The van der Waals surface area contributed by atoms with Crippen LogP contribution in [0.3, 0.4) is 0 Å². The lowest BCUT2D eigenvalue weighted by Gasteiger charge is -2.25. The summed E-state index contributed by atoms with van der Waals surface area (Å²) in [6.07, 6.45) is 3.07. The number of amides is 1. The summed E-state index contributed by atoms with van der Waals surface area (Å²) in [5.41, 5.74) is 0.773. The second-order valence-electron chi connectivity index (χ2n) is 4.43. The molecule has 0 aliphatic carbocycles. The van der Waals surface area contributed by atoms with Crippen molar-refractivity contribution in [3.8, 4) is 0 Å². The minimum Gasteiger partial charge on any atom is -0.379 e. The SMILES string of the molecule is O=C(CCS(=O)(=O)N1CCOCC1)NCc1cnc[nH]1. The van der Waals surface area contributed by atoms with Crippen molar-refractivity contribution in [1.29, 1.82) is 0 Å². The predicted octanol–water partition coefficient (Wildman–Crippen LogP) is -0.922. The number of aromatic amines is 1. The van der Waals surface area contributed by atoms with Gasteiger partial charge in [-0.05, 0) is 0 Å². The van der Waals surface area contributed by atoms with Gasteiger partial charge in [0.25, 0.3) is 0 Å². The van der Waals surface area contributed by atoms with E-state index in [9.17, 15) is 13.2 Å². The molecule has 20 heavy (non-hydrogen) atoms. The van der Waals surface area contributed by atoms with Crippen molar-refractivity contribution in [1.82, 2.24) is 19.6 Å². The normalized spacial score (nSPS) is 17.0. The maximum absolute atomic E-state index is 12.0. The Morgan fingerprint density at radius 3 is 2.85 bits per heavy atom. The molecule has 0 bridgehead atoms. The summed E-state index contributed by atoms with van der Waals surface area (Å²) in [4.78, 5) is 18.3. The van der Waals surface area contributed by atoms with E-state index in [2.05, 4.69) is 15.3 Å². The fourth-order valence-electron chi connectivity index (χ4n) is 1.84. The molecule has 2 rings (SSSR count). The molecule has 0 saturated carbocycles. The van der Waals surface area contributed by atoms with Gasteiger partial charge >= 0.3 is 0 Å². The zero-order valence-corrected chi connectivity index (χ0v) is 11.9. The van der Waals surface area contributed by atoms with Crippen LogP contribution in [0.5, 0.6) is 0 Å². The average Bonchev–Trinajstić information content (AvgIpc) is 2.97. The molecule has 1 aromatic rings. The quantitative estimate of drug-likeness (QED) is 0.707. The van der Waals surface area contributed by atoms with E-state index in [0.29, 0.717) is 32.8 Å². The minimum absolute atomic E-state index is 0.0478. The van der Waals surface area contributed by atoms with E-state index in [1.807, 2.05) is 0 Å². The third-order valence-electron chi connectivity index (χ3n) is 2.98. The molecule has 2 N–H and O–H groups in total. The lowest BCUT2D eigenvalue weighted by molar-refractivity contribution is -0.120. The van der Waals surface area contributed by atoms with Crippen molar-refractivity contribution in [2.45, 2.75) is 13.0 Å². The number of nitrogens with zero attached hydrogens (tertiary/aromatic N) is 2.